The molecule has 1 atom stereocenters. The van der Waals surface area contributed by atoms with Crippen molar-refractivity contribution in [3.63, 3.8) is 0 Å². The van der Waals surface area contributed by atoms with Crippen molar-refractivity contribution in [2.75, 3.05) is 0 Å². The highest BCUT2D eigenvalue weighted by atomic mass is 35.5. The number of benzene rings is 1. The lowest BCUT2D eigenvalue weighted by Gasteiger charge is -2.09. The Morgan fingerprint density at radius 3 is 2.00 bits per heavy atom. The van der Waals surface area contributed by atoms with E-state index in [9.17, 15) is 8.78 Å². The summed E-state index contributed by atoms with van der Waals surface area (Å²) in [5, 5.41) is 0. The van der Waals surface area contributed by atoms with Crippen LogP contribution in [0.2, 0.25) is 0 Å². The maximum atomic E-state index is 12.0. The van der Waals surface area contributed by atoms with Crippen molar-refractivity contribution in [3.05, 3.63) is 35.9 Å². The van der Waals surface area contributed by atoms with Gasteiger partial charge in [-0.25, -0.2) is 8.78 Å². The van der Waals surface area contributed by atoms with E-state index in [0.29, 0.717) is 5.56 Å². The van der Waals surface area contributed by atoms with E-state index in [2.05, 4.69) is 0 Å². The molecular weight excluding hydrogens is 184 g/mol. The predicted octanol–water partition coefficient (Wildman–Crippen LogP) is 2.37. The minimum atomic E-state index is -2.49. The van der Waals surface area contributed by atoms with Crippen molar-refractivity contribution < 1.29 is 8.78 Å². The van der Waals surface area contributed by atoms with Crippen LogP contribution in [-0.4, -0.2) is 6.43 Å². The van der Waals surface area contributed by atoms with Crippen molar-refractivity contribution in [1.82, 2.24) is 0 Å². The summed E-state index contributed by atoms with van der Waals surface area (Å²) in [4.78, 5) is 0. The van der Waals surface area contributed by atoms with E-state index in [4.69, 9.17) is 5.73 Å². The van der Waals surface area contributed by atoms with Gasteiger partial charge in [-0.05, 0) is 5.56 Å². The second kappa shape index (κ2) is 5.06. The fourth-order valence-corrected chi connectivity index (χ4v) is 0.821. The van der Waals surface area contributed by atoms with Gasteiger partial charge in [0.1, 0.15) is 0 Å². The quantitative estimate of drug-likeness (QED) is 0.767. The minimum absolute atomic E-state index is 0. The highest BCUT2D eigenvalue weighted by molar-refractivity contribution is 5.85. The molecule has 4 heteroatoms. The molecule has 1 nitrogen and oxygen atoms in total. The van der Waals surface area contributed by atoms with Crippen LogP contribution >= 0.6 is 12.4 Å². The van der Waals surface area contributed by atoms with Gasteiger partial charge in [0, 0.05) is 0 Å². The Bertz CT molecular complexity index is 216. The molecule has 0 radical (unpaired) electrons. The summed E-state index contributed by atoms with van der Waals surface area (Å²) >= 11 is 0. The van der Waals surface area contributed by atoms with Gasteiger partial charge in [-0.2, -0.15) is 0 Å². The van der Waals surface area contributed by atoms with Gasteiger partial charge in [0.25, 0.3) is 6.43 Å². The zero-order valence-electron chi connectivity index (χ0n) is 6.28. The molecule has 1 aromatic carbocycles. The van der Waals surface area contributed by atoms with E-state index >= 15 is 0 Å². The number of rotatable bonds is 2. The Kier molecular flexibility index (Phi) is 4.78. The third-order valence-corrected chi connectivity index (χ3v) is 1.46. The number of hydrogen-bond acceptors (Lipinski definition) is 1. The van der Waals surface area contributed by atoms with E-state index in [-0.39, 0.29) is 12.4 Å². The second-order valence-corrected chi connectivity index (χ2v) is 2.27. The Labute approximate surface area is 76.0 Å². The first-order valence-electron chi connectivity index (χ1n) is 3.30. The predicted molar refractivity (Wildman–Crippen MR) is 46.6 cm³/mol. The lowest BCUT2D eigenvalue weighted by Crippen LogP contribution is -2.18. The van der Waals surface area contributed by atoms with Gasteiger partial charge in [-0.3, -0.25) is 0 Å². The van der Waals surface area contributed by atoms with Crippen LogP contribution in [0, 0.1) is 0 Å². The molecule has 2 N–H and O–H groups in total. The molecule has 0 aliphatic rings. The summed E-state index contributed by atoms with van der Waals surface area (Å²) in [7, 11) is 0. The van der Waals surface area contributed by atoms with Gasteiger partial charge >= 0.3 is 0 Å². The standard InChI is InChI=1S/C8H9F2N.ClH/c9-8(10)7(11)6-4-2-1-3-5-6;/h1-5,7-8H,11H2;1H/t7-;/m1./s1. The van der Waals surface area contributed by atoms with Gasteiger partial charge in [0.05, 0.1) is 6.04 Å². The molecule has 68 valence electrons. The third-order valence-electron chi connectivity index (χ3n) is 1.46. The van der Waals surface area contributed by atoms with Crippen molar-refractivity contribution >= 4 is 12.4 Å². The molecule has 12 heavy (non-hydrogen) atoms. The summed E-state index contributed by atoms with van der Waals surface area (Å²) in [6, 6.07) is 7.18. The maximum absolute atomic E-state index is 12.0. The molecule has 0 bridgehead atoms. The van der Waals surface area contributed by atoms with Crippen LogP contribution in [0.15, 0.2) is 30.3 Å². The molecule has 0 saturated carbocycles. The fourth-order valence-electron chi connectivity index (χ4n) is 0.821. The van der Waals surface area contributed by atoms with Crippen LogP contribution in [0.25, 0.3) is 0 Å². The van der Waals surface area contributed by atoms with Crippen LogP contribution < -0.4 is 5.73 Å². The van der Waals surface area contributed by atoms with E-state index in [0.717, 1.165) is 0 Å². The monoisotopic (exact) mass is 193 g/mol. The Hall–Kier alpha value is -0.670. The highest BCUT2D eigenvalue weighted by Gasteiger charge is 2.16. The number of hydrogen-bond donors (Lipinski definition) is 1. The molecule has 0 aliphatic heterocycles. The zero-order chi connectivity index (χ0) is 8.27. The first-order valence-corrected chi connectivity index (χ1v) is 3.30. The topological polar surface area (TPSA) is 26.0 Å². The summed E-state index contributed by atoms with van der Waals surface area (Å²) in [6.45, 7) is 0. The van der Waals surface area contributed by atoms with E-state index in [1.165, 1.54) is 0 Å². The molecule has 1 rings (SSSR count). The molecule has 0 fully saturated rings. The molecule has 1 aromatic rings. The van der Waals surface area contributed by atoms with Crippen LogP contribution in [0.3, 0.4) is 0 Å². The molecular formula is C8H10ClF2N. The molecule has 0 saturated heterocycles. The number of alkyl halides is 2. The minimum Gasteiger partial charge on any atom is -0.319 e. The van der Waals surface area contributed by atoms with Gasteiger partial charge < -0.3 is 5.73 Å². The van der Waals surface area contributed by atoms with E-state index in [1.54, 1.807) is 30.3 Å². The molecule has 0 heterocycles. The number of halogens is 3. The fraction of sp³-hybridized carbons (Fsp3) is 0.250. The zero-order valence-corrected chi connectivity index (χ0v) is 7.10. The normalized spacial score (nSPS) is 12.3. The van der Waals surface area contributed by atoms with E-state index in [1.807, 2.05) is 0 Å². The largest absolute Gasteiger partial charge is 0.319 e. The first-order chi connectivity index (χ1) is 5.22. The summed E-state index contributed by atoms with van der Waals surface area (Å²) in [6.07, 6.45) is -2.49. The highest BCUT2D eigenvalue weighted by Crippen LogP contribution is 2.16. The molecule has 0 spiro atoms. The van der Waals surface area contributed by atoms with Gasteiger partial charge in [-0.1, -0.05) is 30.3 Å². The third kappa shape index (κ3) is 2.75. The maximum Gasteiger partial charge on any atom is 0.257 e. The van der Waals surface area contributed by atoms with Crippen molar-refractivity contribution in [1.29, 1.82) is 0 Å². The van der Waals surface area contributed by atoms with Crippen LogP contribution in [0.1, 0.15) is 11.6 Å². The Morgan fingerprint density at radius 2 is 1.58 bits per heavy atom. The van der Waals surface area contributed by atoms with Crippen molar-refractivity contribution in [2.24, 2.45) is 5.73 Å². The lowest BCUT2D eigenvalue weighted by atomic mass is 10.1. The Morgan fingerprint density at radius 1 is 1.08 bits per heavy atom. The number of nitrogens with two attached hydrogens (primary N) is 1. The van der Waals surface area contributed by atoms with E-state index < -0.39 is 12.5 Å². The first kappa shape index (κ1) is 11.3. The average molecular weight is 194 g/mol. The van der Waals surface area contributed by atoms with Crippen LogP contribution in [-0.2, 0) is 0 Å². The van der Waals surface area contributed by atoms with Crippen LogP contribution in [0.4, 0.5) is 8.78 Å². The van der Waals surface area contributed by atoms with Crippen molar-refractivity contribution in [3.8, 4) is 0 Å². The molecule has 0 unspecified atom stereocenters. The summed E-state index contributed by atoms with van der Waals surface area (Å²) in [5.41, 5.74) is 5.66. The van der Waals surface area contributed by atoms with Gasteiger partial charge in [-0.15, -0.1) is 12.4 Å². The lowest BCUT2D eigenvalue weighted by molar-refractivity contribution is 0.116. The summed E-state index contributed by atoms with van der Waals surface area (Å²) in [5.74, 6) is 0. The smallest absolute Gasteiger partial charge is 0.257 e. The van der Waals surface area contributed by atoms with Crippen LogP contribution in [0.5, 0.6) is 0 Å². The molecule has 0 aromatic heterocycles. The summed E-state index contributed by atoms with van der Waals surface area (Å²) < 4.78 is 24.0. The second-order valence-electron chi connectivity index (χ2n) is 2.27. The molecule has 0 amide bonds. The van der Waals surface area contributed by atoms with Crippen molar-refractivity contribution in [2.45, 2.75) is 12.5 Å². The SMILES string of the molecule is Cl.N[C@H](c1ccccc1)C(F)F. The average Bonchev–Trinajstić information content (AvgIpc) is 2.05. The van der Waals surface area contributed by atoms with Gasteiger partial charge in [0.15, 0.2) is 0 Å². The van der Waals surface area contributed by atoms with Gasteiger partial charge in [0.2, 0.25) is 0 Å². The molecule has 0 aliphatic carbocycles. The Balaban J connectivity index is 0.00000121.